The zero-order valence-corrected chi connectivity index (χ0v) is 18.4. The SMILES string of the molecule is CCNC(=NCC1CCN(c2cc(Cl)ccc2C)C1)NCCn1cnnc1CC. The Morgan fingerprint density at radius 2 is 2.17 bits per heavy atom. The summed E-state index contributed by atoms with van der Waals surface area (Å²) in [7, 11) is 0. The summed E-state index contributed by atoms with van der Waals surface area (Å²) in [5, 5.41) is 15.7. The lowest BCUT2D eigenvalue weighted by Crippen LogP contribution is -2.39. The van der Waals surface area contributed by atoms with Gasteiger partial charge in [-0.3, -0.25) is 4.99 Å². The summed E-state index contributed by atoms with van der Waals surface area (Å²) < 4.78 is 2.08. The van der Waals surface area contributed by atoms with Gasteiger partial charge in [0.15, 0.2) is 5.96 Å². The first-order chi connectivity index (χ1) is 14.1. The van der Waals surface area contributed by atoms with Gasteiger partial charge in [0.25, 0.3) is 0 Å². The Morgan fingerprint density at radius 3 is 2.97 bits per heavy atom. The van der Waals surface area contributed by atoms with E-state index in [0.717, 1.165) is 68.9 Å². The number of benzene rings is 1. The predicted octanol–water partition coefficient (Wildman–Crippen LogP) is 2.88. The van der Waals surface area contributed by atoms with Crippen molar-refractivity contribution in [1.82, 2.24) is 25.4 Å². The molecule has 1 aromatic carbocycles. The molecule has 1 aliphatic heterocycles. The molecule has 0 radical (unpaired) electrons. The van der Waals surface area contributed by atoms with Gasteiger partial charge in [0.2, 0.25) is 0 Å². The molecular weight excluding hydrogens is 386 g/mol. The molecule has 1 fully saturated rings. The maximum absolute atomic E-state index is 6.20. The van der Waals surface area contributed by atoms with Crippen LogP contribution >= 0.6 is 11.6 Å². The van der Waals surface area contributed by atoms with Crippen LogP contribution in [0.2, 0.25) is 5.02 Å². The summed E-state index contributed by atoms with van der Waals surface area (Å²) in [5.41, 5.74) is 2.52. The Bertz CT molecular complexity index is 817. The van der Waals surface area contributed by atoms with E-state index in [4.69, 9.17) is 16.6 Å². The van der Waals surface area contributed by atoms with Crippen LogP contribution in [-0.4, -0.2) is 53.4 Å². The lowest BCUT2D eigenvalue weighted by atomic mass is 10.1. The van der Waals surface area contributed by atoms with Gasteiger partial charge in [-0.2, -0.15) is 0 Å². The van der Waals surface area contributed by atoms with Crippen molar-refractivity contribution < 1.29 is 0 Å². The normalized spacial score (nSPS) is 17.0. The molecule has 7 nitrogen and oxygen atoms in total. The highest BCUT2D eigenvalue weighted by molar-refractivity contribution is 6.30. The summed E-state index contributed by atoms with van der Waals surface area (Å²) in [6.07, 6.45) is 3.82. The fraction of sp³-hybridized carbons (Fsp3) is 0.571. The lowest BCUT2D eigenvalue weighted by molar-refractivity contribution is 0.594. The molecular formula is C21H32ClN7. The average molecular weight is 418 g/mol. The Balaban J connectivity index is 1.51. The molecule has 1 unspecified atom stereocenters. The third-order valence-electron chi connectivity index (χ3n) is 5.31. The first-order valence-electron chi connectivity index (χ1n) is 10.5. The van der Waals surface area contributed by atoms with Gasteiger partial charge in [0.1, 0.15) is 12.2 Å². The van der Waals surface area contributed by atoms with E-state index in [1.54, 1.807) is 6.33 Å². The molecule has 0 bridgehead atoms. The second-order valence-electron chi connectivity index (χ2n) is 7.47. The number of nitrogens with zero attached hydrogens (tertiary/aromatic N) is 5. The maximum Gasteiger partial charge on any atom is 0.191 e. The van der Waals surface area contributed by atoms with E-state index in [2.05, 4.69) is 63.2 Å². The first-order valence-corrected chi connectivity index (χ1v) is 10.9. The van der Waals surface area contributed by atoms with Crippen molar-refractivity contribution >= 4 is 23.2 Å². The van der Waals surface area contributed by atoms with Gasteiger partial charge in [0, 0.05) is 56.4 Å². The smallest absolute Gasteiger partial charge is 0.191 e. The second-order valence-corrected chi connectivity index (χ2v) is 7.91. The monoisotopic (exact) mass is 417 g/mol. The molecule has 1 aliphatic rings. The van der Waals surface area contributed by atoms with Crippen molar-refractivity contribution in [3.8, 4) is 0 Å². The van der Waals surface area contributed by atoms with Crippen molar-refractivity contribution in [1.29, 1.82) is 0 Å². The summed E-state index contributed by atoms with van der Waals surface area (Å²) in [4.78, 5) is 7.26. The number of aryl methyl sites for hydroxylation is 2. The summed E-state index contributed by atoms with van der Waals surface area (Å²) >= 11 is 6.20. The minimum Gasteiger partial charge on any atom is -0.371 e. The molecule has 1 saturated heterocycles. The number of anilines is 1. The summed E-state index contributed by atoms with van der Waals surface area (Å²) in [6, 6.07) is 6.12. The van der Waals surface area contributed by atoms with E-state index in [1.165, 1.54) is 11.3 Å². The van der Waals surface area contributed by atoms with Crippen LogP contribution < -0.4 is 15.5 Å². The highest BCUT2D eigenvalue weighted by Gasteiger charge is 2.23. The molecule has 2 heterocycles. The quantitative estimate of drug-likeness (QED) is 0.510. The third-order valence-corrected chi connectivity index (χ3v) is 5.54. The molecule has 158 valence electrons. The van der Waals surface area contributed by atoms with Gasteiger partial charge >= 0.3 is 0 Å². The van der Waals surface area contributed by atoms with Crippen LogP contribution in [0.15, 0.2) is 29.5 Å². The second kappa shape index (κ2) is 10.5. The van der Waals surface area contributed by atoms with Gasteiger partial charge in [0.05, 0.1) is 0 Å². The zero-order valence-electron chi connectivity index (χ0n) is 17.7. The number of nitrogens with one attached hydrogen (secondary N) is 2. The molecule has 2 aromatic rings. The van der Waals surface area contributed by atoms with Crippen molar-refractivity contribution in [3.63, 3.8) is 0 Å². The van der Waals surface area contributed by atoms with Crippen molar-refractivity contribution in [3.05, 3.63) is 40.9 Å². The zero-order chi connectivity index (χ0) is 20.6. The fourth-order valence-electron chi connectivity index (χ4n) is 3.72. The molecule has 3 rings (SSSR count). The minimum atomic E-state index is 0.549. The molecule has 1 aromatic heterocycles. The summed E-state index contributed by atoms with van der Waals surface area (Å²) in [5.74, 6) is 2.43. The van der Waals surface area contributed by atoms with Crippen molar-refractivity contribution in [2.45, 2.75) is 40.2 Å². The first kappa shape index (κ1) is 21.4. The Morgan fingerprint density at radius 1 is 1.31 bits per heavy atom. The van der Waals surface area contributed by atoms with E-state index in [9.17, 15) is 0 Å². The molecule has 0 saturated carbocycles. The van der Waals surface area contributed by atoms with Crippen molar-refractivity contribution in [2.75, 3.05) is 37.6 Å². The Labute approximate surface area is 178 Å². The van der Waals surface area contributed by atoms with Crippen LogP contribution in [0.25, 0.3) is 0 Å². The summed E-state index contributed by atoms with van der Waals surface area (Å²) in [6.45, 7) is 11.7. The van der Waals surface area contributed by atoms with E-state index in [-0.39, 0.29) is 0 Å². The number of hydrogen-bond donors (Lipinski definition) is 2. The molecule has 29 heavy (non-hydrogen) atoms. The third kappa shape index (κ3) is 5.85. The minimum absolute atomic E-state index is 0.549. The Kier molecular flexibility index (Phi) is 7.75. The Hall–Kier alpha value is -2.28. The van der Waals surface area contributed by atoms with Crippen molar-refractivity contribution in [2.24, 2.45) is 10.9 Å². The van der Waals surface area contributed by atoms with E-state index in [1.807, 2.05) is 6.07 Å². The number of guanidine groups is 1. The standard InChI is InChI=1S/C21H32ClN7/c1-4-20-27-26-15-29(20)11-9-24-21(23-5-2)25-13-17-8-10-28(14-17)19-12-18(22)7-6-16(19)3/h6-7,12,15,17H,4-5,8-11,13-14H2,1-3H3,(H2,23,24,25). The molecule has 0 spiro atoms. The van der Waals surface area contributed by atoms with E-state index < -0.39 is 0 Å². The van der Waals surface area contributed by atoms with Crippen LogP contribution in [0.5, 0.6) is 0 Å². The number of aromatic nitrogens is 3. The molecule has 0 amide bonds. The number of hydrogen-bond acceptors (Lipinski definition) is 4. The average Bonchev–Trinajstić information content (AvgIpc) is 3.37. The number of halogens is 1. The highest BCUT2D eigenvalue weighted by atomic mass is 35.5. The number of aliphatic imine (C=N–C) groups is 1. The lowest BCUT2D eigenvalue weighted by Gasteiger charge is -2.21. The van der Waals surface area contributed by atoms with E-state index >= 15 is 0 Å². The van der Waals surface area contributed by atoms with Gasteiger partial charge in [-0.05, 0) is 43.9 Å². The van der Waals surface area contributed by atoms with Crippen LogP contribution in [0.1, 0.15) is 31.7 Å². The maximum atomic E-state index is 6.20. The van der Waals surface area contributed by atoms with Gasteiger partial charge < -0.3 is 20.1 Å². The molecule has 8 heteroatoms. The topological polar surface area (TPSA) is 70.4 Å². The molecule has 2 N–H and O–H groups in total. The van der Waals surface area contributed by atoms with Crippen LogP contribution in [0, 0.1) is 12.8 Å². The molecule has 0 aliphatic carbocycles. The highest BCUT2D eigenvalue weighted by Crippen LogP contribution is 2.29. The van der Waals surface area contributed by atoms with Gasteiger partial charge in [-0.1, -0.05) is 24.6 Å². The molecule has 1 atom stereocenters. The van der Waals surface area contributed by atoms with Gasteiger partial charge in [-0.25, -0.2) is 0 Å². The van der Waals surface area contributed by atoms with Crippen LogP contribution in [0.3, 0.4) is 0 Å². The largest absolute Gasteiger partial charge is 0.371 e. The van der Waals surface area contributed by atoms with Crippen LogP contribution in [0.4, 0.5) is 5.69 Å². The van der Waals surface area contributed by atoms with E-state index in [0.29, 0.717) is 5.92 Å². The fourth-order valence-corrected chi connectivity index (χ4v) is 3.89. The predicted molar refractivity (Wildman–Crippen MR) is 120 cm³/mol. The van der Waals surface area contributed by atoms with Gasteiger partial charge in [-0.15, -0.1) is 10.2 Å². The number of rotatable bonds is 8. The van der Waals surface area contributed by atoms with Crippen LogP contribution in [-0.2, 0) is 13.0 Å².